The Hall–Kier alpha value is -0.900. The van der Waals surface area contributed by atoms with Crippen LogP contribution in [0.1, 0.15) is 92.4 Å². The van der Waals surface area contributed by atoms with Crippen molar-refractivity contribution in [1.82, 2.24) is 0 Å². The predicted octanol–water partition coefficient (Wildman–Crippen LogP) is 5.95. The van der Waals surface area contributed by atoms with Crippen LogP contribution >= 0.6 is 0 Å². The summed E-state index contributed by atoms with van der Waals surface area (Å²) in [5.74, 6) is 1.94. The Kier molecular flexibility index (Phi) is 7.61. The molecule has 3 aliphatic rings. The molecule has 3 N–H and O–H groups in total. The van der Waals surface area contributed by atoms with E-state index < -0.39 is 17.8 Å². The number of rotatable bonds is 6. The third kappa shape index (κ3) is 5.37. The van der Waals surface area contributed by atoms with E-state index in [1.807, 2.05) is 20.8 Å². The van der Waals surface area contributed by atoms with E-state index in [-0.39, 0.29) is 5.92 Å². The number of fused-ring (bicyclic) bond motifs is 1. The van der Waals surface area contributed by atoms with Crippen LogP contribution in [-0.4, -0.2) is 33.1 Å². The first kappa shape index (κ1) is 24.7. The van der Waals surface area contributed by atoms with Crippen molar-refractivity contribution in [2.45, 2.75) is 110 Å². The largest absolute Gasteiger partial charge is 0.392 e. The molecule has 0 radical (unpaired) electrons. The zero-order valence-corrected chi connectivity index (χ0v) is 20.5. The molecule has 3 nitrogen and oxygen atoms in total. The molecule has 0 amide bonds. The number of aliphatic hydroxyl groups excluding tert-OH is 2. The molecule has 0 aromatic heterocycles. The molecule has 0 spiro atoms. The summed E-state index contributed by atoms with van der Waals surface area (Å²) in [5.41, 5.74) is 3.15. The normalized spacial score (nSPS) is 40.4. The monoisotopic (exact) mass is 430 g/mol. The Morgan fingerprint density at radius 1 is 1.23 bits per heavy atom. The van der Waals surface area contributed by atoms with Crippen LogP contribution in [-0.2, 0) is 0 Å². The van der Waals surface area contributed by atoms with Crippen molar-refractivity contribution in [3.05, 3.63) is 35.5 Å². The number of hydrogen-bond acceptors (Lipinski definition) is 3. The van der Waals surface area contributed by atoms with Crippen molar-refractivity contribution in [3.8, 4) is 0 Å². The molecule has 7 atom stereocenters. The molecule has 3 saturated carbocycles. The van der Waals surface area contributed by atoms with Crippen molar-refractivity contribution in [2.24, 2.45) is 29.1 Å². The average Bonchev–Trinajstić information content (AvgIpc) is 3.04. The minimum absolute atomic E-state index is 0.149. The van der Waals surface area contributed by atoms with Gasteiger partial charge in [-0.25, -0.2) is 0 Å². The molecule has 3 fully saturated rings. The van der Waals surface area contributed by atoms with Crippen molar-refractivity contribution in [2.75, 3.05) is 0 Å². The van der Waals surface area contributed by atoms with Crippen LogP contribution in [0, 0.1) is 29.1 Å². The van der Waals surface area contributed by atoms with E-state index in [4.69, 9.17) is 0 Å². The maximum Gasteiger partial charge on any atom is 0.0837 e. The summed E-state index contributed by atoms with van der Waals surface area (Å²) >= 11 is 0. The van der Waals surface area contributed by atoms with E-state index in [0.717, 1.165) is 36.3 Å². The molecular weight excluding hydrogens is 384 g/mol. The van der Waals surface area contributed by atoms with Gasteiger partial charge in [0.1, 0.15) is 0 Å². The molecule has 3 heteroatoms. The Bertz CT molecular complexity index is 712. The second kappa shape index (κ2) is 9.53. The highest BCUT2D eigenvalue weighted by molar-refractivity contribution is 5.39. The highest BCUT2D eigenvalue weighted by Crippen LogP contribution is 2.60. The van der Waals surface area contributed by atoms with Crippen molar-refractivity contribution >= 4 is 0 Å². The third-order valence-corrected chi connectivity index (χ3v) is 8.97. The number of aliphatic hydroxyl groups is 3. The highest BCUT2D eigenvalue weighted by atomic mass is 16.3. The lowest BCUT2D eigenvalue weighted by atomic mass is 9.60. The van der Waals surface area contributed by atoms with Gasteiger partial charge in [-0.3, -0.25) is 0 Å². The summed E-state index contributed by atoms with van der Waals surface area (Å²) in [4.78, 5) is 0. The summed E-state index contributed by atoms with van der Waals surface area (Å²) in [6, 6.07) is 0. The lowest BCUT2D eigenvalue weighted by Gasteiger charge is -2.44. The molecule has 0 heterocycles. The van der Waals surface area contributed by atoms with Gasteiger partial charge in [-0.2, -0.15) is 0 Å². The van der Waals surface area contributed by atoms with Gasteiger partial charge in [-0.1, -0.05) is 57.9 Å². The quantitative estimate of drug-likeness (QED) is 0.488. The summed E-state index contributed by atoms with van der Waals surface area (Å²) in [7, 11) is 0. The summed E-state index contributed by atoms with van der Waals surface area (Å²) < 4.78 is 0. The smallest absolute Gasteiger partial charge is 0.0837 e. The number of allylic oxidation sites excluding steroid dienone is 3. The Balaban J connectivity index is 1.71. The summed E-state index contributed by atoms with van der Waals surface area (Å²) in [6.45, 7) is 14.8. The molecule has 3 rings (SSSR count). The van der Waals surface area contributed by atoms with Gasteiger partial charge in [0, 0.05) is 5.92 Å². The van der Waals surface area contributed by atoms with Crippen molar-refractivity contribution in [1.29, 1.82) is 0 Å². The Labute approximate surface area is 190 Å². The highest BCUT2D eigenvalue weighted by Gasteiger charge is 2.50. The minimum Gasteiger partial charge on any atom is -0.392 e. The standard InChI is InChI=1S/C28H46O3/c1-18(9-7-15-27(4,5)31)23-13-14-24-21(10-8-16-28(23,24)6)11-12-22-17-25(29)20(3)26(30)19(22)2/h11-12,18,20,23-26,29-31H,2,7-10,13-17H2,1,3-6H3/b21-11+,22-12+/t18-,20-,23+,24-,25+,26-,28+/m0/s1. The maximum atomic E-state index is 10.4. The van der Waals surface area contributed by atoms with Crippen LogP contribution in [0.3, 0.4) is 0 Å². The minimum atomic E-state index is -0.648. The van der Waals surface area contributed by atoms with Gasteiger partial charge in [0.25, 0.3) is 0 Å². The fourth-order valence-electron chi connectivity index (χ4n) is 6.91. The molecule has 0 saturated heterocycles. The van der Waals surface area contributed by atoms with Crippen LogP contribution in [0.2, 0.25) is 0 Å². The average molecular weight is 431 g/mol. The molecule has 0 aliphatic heterocycles. The molecule has 0 unspecified atom stereocenters. The topological polar surface area (TPSA) is 60.7 Å². The predicted molar refractivity (Wildman–Crippen MR) is 129 cm³/mol. The van der Waals surface area contributed by atoms with E-state index in [2.05, 4.69) is 32.6 Å². The second-order valence-electron chi connectivity index (χ2n) is 11.8. The second-order valence-corrected chi connectivity index (χ2v) is 11.8. The zero-order chi connectivity index (χ0) is 23.0. The van der Waals surface area contributed by atoms with Crippen LogP contribution in [0.4, 0.5) is 0 Å². The molecule has 0 aromatic carbocycles. The molecule has 3 aliphatic carbocycles. The van der Waals surface area contributed by atoms with E-state index in [1.54, 1.807) is 5.57 Å². The number of hydrogen-bond donors (Lipinski definition) is 3. The van der Waals surface area contributed by atoms with Crippen molar-refractivity contribution in [3.63, 3.8) is 0 Å². The van der Waals surface area contributed by atoms with Gasteiger partial charge in [-0.05, 0) is 93.1 Å². The molecule has 31 heavy (non-hydrogen) atoms. The van der Waals surface area contributed by atoms with E-state index >= 15 is 0 Å². The Morgan fingerprint density at radius 2 is 1.94 bits per heavy atom. The van der Waals surface area contributed by atoms with Gasteiger partial charge >= 0.3 is 0 Å². The fraction of sp³-hybridized carbons (Fsp3) is 0.786. The van der Waals surface area contributed by atoms with Crippen LogP contribution in [0.15, 0.2) is 35.5 Å². The zero-order valence-electron chi connectivity index (χ0n) is 20.5. The molecule has 0 bridgehead atoms. The lowest BCUT2D eigenvalue weighted by Crippen LogP contribution is -2.36. The first-order valence-electron chi connectivity index (χ1n) is 12.6. The lowest BCUT2D eigenvalue weighted by molar-refractivity contribution is 0.0283. The van der Waals surface area contributed by atoms with E-state index in [9.17, 15) is 15.3 Å². The first-order chi connectivity index (χ1) is 14.4. The van der Waals surface area contributed by atoms with Gasteiger partial charge in [-0.15, -0.1) is 0 Å². The molecular formula is C28H46O3. The van der Waals surface area contributed by atoms with Crippen LogP contribution < -0.4 is 0 Å². The first-order valence-corrected chi connectivity index (χ1v) is 12.6. The van der Waals surface area contributed by atoms with Crippen molar-refractivity contribution < 1.29 is 15.3 Å². The fourth-order valence-corrected chi connectivity index (χ4v) is 6.91. The molecule has 0 aromatic rings. The van der Waals surface area contributed by atoms with E-state index in [0.29, 0.717) is 23.7 Å². The Morgan fingerprint density at radius 3 is 2.61 bits per heavy atom. The summed E-state index contributed by atoms with van der Waals surface area (Å²) in [6.07, 6.45) is 13.4. The van der Waals surface area contributed by atoms with Crippen LogP contribution in [0.25, 0.3) is 0 Å². The van der Waals surface area contributed by atoms with Gasteiger partial charge in [0.15, 0.2) is 0 Å². The maximum absolute atomic E-state index is 10.4. The van der Waals surface area contributed by atoms with E-state index in [1.165, 1.54) is 32.1 Å². The van der Waals surface area contributed by atoms with Gasteiger partial charge < -0.3 is 15.3 Å². The van der Waals surface area contributed by atoms with Gasteiger partial charge in [0.05, 0.1) is 17.8 Å². The van der Waals surface area contributed by atoms with Gasteiger partial charge in [0.2, 0.25) is 0 Å². The SMILES string of the molecule is C=C1/C(=C/C=C2\CCC[C@]3(C)[C@@H]([C@@H](C)CCCC(C)(C)O)CC[C@@H]23)C[C@@H](O)[C@H](C)[C@H]1O. The van der Waals surface area contributed by atoms with Crippen LogP contribution in [0.5, 0.6) is 0 Å². The third-order valence-electron chi connectivity index (χ3n) is 8.97. The summed E-state index contributed by atoms with van der Waals surface area (Å²) in [5, 5.41) is 30.7. The molecule has 176 valence electrons.